The van der Waals surface area contributed by atoms with Crippen LogP contribution in [-0.2, 0) is 12.8 Å². The summed E-state index contributed by atoms with van der Waals surface area (Å²) in [6, 6.07) is 3.87. The Morgan fingerprint density at radius 2 is 2.00 bits per heavy atom. The highest BCUT2D eigenvalue weighted by Crippen LogP contribution is 2.29. The van der Waals surface area contributed by atoms with Gasteiger partial charge in [0.25, 0.3) is 0 Å². The van der Waals surface area contributed by atoms with Crippen LogP contribution < -0.4 is 5.32 Å². The summed E-state index contributed by atoms with van der Waals surface area (Å²) in [5.74, 6) is 1.65. The van der Waals surface area contributed by atoms with Crippen LogP contribution in [0.3, 0.4) is 0 Å². The standard InChI is InChI=1S/C15H17BrN4/c1-17-14-10-6-3-2-4-8-12(10)19-15(20-14)13-11(16)7-5-9-18-13/h5,7,9H,2-4,6,8H2,1H3,(H,17,19,20). The molecule has 1 aliphatic rings. The van der Waals surface area contributed by atoms with Gasteiger partial charge in [0.1, 0.15) is 11.5 Å². The second kappa shape index (κ2) is 5.87. The second-order valence-electron chi connectivity index (χ2n) is 4.97. The first kappa shape index (κ1) is 13.5. The van der Waals surface area contributed by atoms with E-state index in [1.54, 1.807) is 6.20 Å². The van der Waals surface area contributed by atoms with Crippen LogP contribution in [-0.4, -0.2) is 22.0 Å². The highest BCUT2D eigenvalue weighted by Gasteiger charge is 2.18. The summed E-state index contributed by atoms with van der Waals surface area (Å²) in [6.07, 6.45) is 7.56. The Bertz CT molecular complexity index is 627. The predicted molar refractivity (Wildman–Crippen MR) is 83.8 cm³/mol. The van der Waals surface area contributed by atoms with Crippen LogP contribution in [0.15, 0.2) is 22.8 Å². The average Bonchev–Trinajstić information content (AvgIpc) is 2.72. The van der Waals surface area contributed by atoms with E-state index in [9.17, 15) is 0 Å². The van der Waals surface area contributed by atoms with Crippen molar-refractivity contribution in [3.63, 3.8) is 0 Å². The van der Waals surface area contributed by atoms with Crippen molar-refractivity contribution in [3.05, 3.63) is 34.1 Å². The Kier molecular flexibility index (Phi) is 3.96. The second-order valence-corrected chi connectivity index (χ2v) is 5.82. The summed E-state index contributed by atoms with van der Waals surface area (Å²) >= 11 is 3.53. The lowest BCUT2D eigenvalue weighted by Crippen LogP contribution is -2.07. The molecule has 0 aliphatic heterocycles. The lowest BCUT2D eigenvalue weighted by molar-refractivity contribution is 0.709. The van der Waals surface area contributed by atoms with Gasteiger partial charge in [0.05, 0.1) is 0 Å². The summed E-state index contributed by atoms with van der Waals surface area (Å²) in [5, 5.41) is 3.22. The van der Waals surface area contributed by atoms with Gasteiger partial charge in [0, 0.05) is 29.0 Å². The molecule has 1 N–H and O–H groups in total. The van der Waals surface area contributed by atoms with E-state index in [1.165, 1.54) is 30.5 Å². The van der Waals surface area contributed by atoms with Crippen LogP contribution in [0.5, 0.6) is 0 Å². The highest BCUT2D eigenvalue weighted by molar-refractivity contribution is 9.10. The van der Waals surface area contributed by atoms with Crippen molar-refractivity contribution in [2.45, 2.75) is 32.1 Å². The Morgan fingerprint density at radius 3 is 2.80 bits per heavy atom. The van der Waals surface area contributed by atoms with Gasteiger partial charge in [0.2, 0.25) is 0 Å². The van der Waals surface area contributed by atoms with Crippen LogP contribution in [0.25, 0.3) is 11.5 Å². The lowest BCUT2D eigenvalue weighted by Gasteiger charge is -2.13. The summed E-state index contributed by atoms with van der Waals surface area (Å²) in [5.41, 5.74) is 3.26. The zero-order valence-corrected chi connectivity index (χ0v) is 13.1. The molecular weight excluding hydrogens is 316 g/mol. The van der Waals surface area contributed by atoms with Crippen molar-refractivity contribution in [2.24, 2.45) is 0 Å². The van der Waals surface area contributed by atoms with Crippen molar-refractivity contribution in [1.29, 1.82) is 0 Å². The van der Waals surface area contributed by atoms with Crippen molar-refractivity contribution in [1.82, 2.24) is 15.0 Å². The van der Waals surface area contributed by atoms with Gasteiger partial charge < -0.3 is 5.32 Å². The number of anilines is 1. The van der Waals surface area contributed by atoms with Gasteiger partial charge in [-0.15, -0.1) is 0 Å². The highest BCUT2D eigenvalue weighted by atomic mass is 79.9. The van der Waals surface area contributed by atoms with Crippen LogP contribution in [0.1, 0.15) is 30.5 Å². The lowest BCUT2D eigenvalue weighted by atomic mass is 10.1. The van der Waals surface area contributed by atoms with Crippen LogP contribution in [0.4, 0.5) is 5.82 Å². The first-order valence-corrected chi connectivity index (χ1v) is 7.77. The minimum absolute atomic E-state index is 0.697. The van der Waals surface area contributed by atoms with E-state index in [1.807, 2.05) is 19.2 Å². The number of pyridine rings is 1. The molecule has 0 saturated carbocycles. The number of hydrogen-bond donors (Lipinski definition) is 1. The van der Waals surface area contributed by atoms with Crippen molar-refractivity contribution in [2.75, 3.05) is 12.4 Å². The summed E-state index contributed by atoms with van der Waals surface area (Å²) in [7, 11) is 1.92. The Labute approximate surface area is 127 Å². The fourth-order valence-corrected chi connectivity index (χ4v) is 3.07. The van der Waals surface area contributed by atoms with Gasteiger partial charge >= 0.3 is 0 Å². The minimum Gasteiger partial charge on any atom is -0.373 e. The topological polar surface area (TPSA) is 50.7 Å². The maximum atomic E-state index is 4.77. The SMILES string of the molecule is CNc1nc(-c2ncccc2Br)nc2c1CCCCC2. The third kappa shape index (κ3) is 2.54. The Morgan fingerprint density at radius 1 is 1.15 bits per heavy atom. The van der Waals surface area contributed by atoms with Gasteiger partial charge in [-0.1, -0.05) is 6.42 Å². The molecule has 0 saturated heterocycles. The normalized spacial score (nSPS) is 14.5. The third-order valence-electron chi connectivity index (χ3n) is 3.64. The van der Waals surface area contributed by atoms with Gasteiger partial charge in [-0.25, -0.2) is 9.97 Å². The average molecular weight is 333 g/mol. The molecule has 0 atom stereocenters. The molecule has 3 rings (SSSR count). The van der Waals surface area contributed by atoms with Crippen LogP contribution >= 0.6 is 15.9 Å². The molecule has 2 aromatic rings. The molecule has 2 heterocycles. The van der Waals surface area contributed by atoms with Gasteiger partial charge in [-0.3, -0.25) is 4.98 Å². The molecule has 0 amide bonds. The van der Waals surface area contributed by atoms with E-state index in [0.717, 1.165) is 28.8 Å². The number of rotatable bonds is 2. The van der Waals surface area contributed by atoms with Crippen LogP contribution in [0, 0.1) is 0 Å². The zero-order valence-electron chi connectivity index (χ0n) is 11.5. The van der Waals surface area contributed by atoms with E-state index in [0.29, 0.717) is 5.82 Å². The maximum Gasteiger partial charge on any atom is 0.181 e. The van der Waals surface area contributed by atoms with Crippen molar-refractivity contribution in [3.8, 4) is 11.5 Å². The molecule has 4 nitrogen and oxygen atoms in total. The van der Waals surface area contributed by atoms with Crippen molar-refractivity contribution >= 4 is 21.7 Å². The van der Waals surface area contributed by atoms with Crippen LogP contribution in [0.2, 0.25) is 0 Å². The molecule has 1 aliphatic carbocycles. The largest absolute Gasteiger partial charge is 0.373 e. The molecule has 5 heteroatoms. The van der Waals surface area contributed by atoms with Gasteiger partial charge in [0.15, 0.2) is 5.82 Å². The van der Waals surface area contributed by atoms with E-state index in [-0.39, 0.29) is 0 Å². The van der Waals surface area contributed by atoms with Gasteiger partial charge in [-0.05, 0) is 53.7 Å². The molecule has 0 radical (unpaired) electrons. The van der Waals surface area contributed by atoms with Crippen molar-refractivity contribution < 1.29 is 0 Å². The summed E-state index contributed by atoms with van der Waals surface area (Å²) in [4.78, 5) is 13.8. The zero-order chi connectivity index (χ0) is 13.9. The number of hydrogen-bond acceptors (Lipinski definition) is 4. The molecule has 0 spiro atoms. The fraction of sp³-hybridized carbons (Fsp3) is 0.400. The quantitative estimate of drug-likeness (QED) is 0.853. The number of nitrogens with zero attached hydrogens (tertiary/aromatic N) is 3. The Hall–Kier alpha value is -1.49. The number of halogens is 1. The molecule has 0 fully saturated rings. The minimum atomic E-state index is 0.697. The number of aromatic nitrogens is 3. The molecule has 20 heavy (non-hydrogen) atoms. The smallest absolute Gasteiger partial charge is 0.181 e. The molecule has 0 unspecified atom stereocenters. The molecule has 2 aromatic heterocycles. The van der Waals surface area contributed by atoms with E-state index in [4.69, 9.17) is 4.98 Å². The van der Waals surface area contributed by atoms with Gasteiger partial charge in [-0.2, -0.15) is 0 Å². The number of fused-ring (bicyclic) bond motifs is 1. The Balaban J connectivity index is 2.14. The summed E-state index contributed by atoms with van der Waals surface area (Å²) < 4.78 is 0.927. The number of aryl methyl sites for hydroxylation is 1. The maximum absolute atomic E-state index is 4.77. The first-order chi connectivity index (χ1) is 9.79. The predicted octanol–water partition coefficient (Wildman–Crippen LogP) is 3.61. The number of nitrogens with one attached hydrogen (secondary N) is 1. The molecule has 0 bridgehead atoms. The third-order valence-corrected chi connectivity index (χ3v) is 4.28. The van der Waals surface area contributed by atoms with E-state index >= 15 is 0 Å². The monoisotopic (exact) mass is 332 g/mol. The van der Waals surface area contributed by atoms with E-state index < -0.39 is 0 Å². The molecule has 104 valence electrons. The summed E-state index contributed by atoms with van der Waals surface area (Å²) in [6.45, 7) is 0. The first-order valence-electron chi connectivity index (χ1n) is 6.98. The van der Waals surface area contributed by atoms with E-state index in [2.05, 4.69) is 31.2 Å². The fourth-order valence-electron chi connectivity index (χ4n) is 2.63. The molecule has 0 aromatic carbocycles. The molecular formula is C15H17BrN4.